The van der Waals surface area contributed by atoms with E-state index in [2.05, 4.69) is 63.9 Å². The molecule has 6 heteroatoms. The smallest absolute Gasteiger partial charge is 0.137 e. The minimum absolute atomic E-state index is 0.189. The minimum Gasteiger partial charge on any atom is -0.361 e. The molecule has 1 fully saturated rings. The average molecular weight is 576 g/mol. The Morgan fingerprint density at radius 1 is 0.683 bits per heavy atom. The van der Waals surface area contributed by atoms with Crippen LogP contribution in [0, 0.1) is 47.5 Å². The van der Waals surface area contributed by atoms with Crippen molar-refractivity contribution < 1.29 is 13.6 Å². The van der Waals surface area contributed by atoms with Crippen LogP contribution in [0.4, 0.5) is 0 Å². The van der Waals surface area contributed by atoms with Crippen LogP contribution in [-0.2, 0) is 10.8 Å². The van der Waals surface area contributed by atoms with Crippen molar-refractivity contribution in [1.29, 1.82) is 0 Å². The summed E-state index contributed by atoms with van der Waals surface area (Å²) in [5.41, 5.74) is 7.62. The van der Waals surface area contributed by atoms with Gasteiger partial charge in [-0.05, 0) is 83.5 Å². The standard InChI is InChI=1S/2C10H17NO.C9H13NO.3C2H6/c1-6-10(4,5)9-7(2)11-12-8(9)3;1-6(2)7(3)10-8(4)11-12-9(10)5;1-6-8(7(2)11-10-6)9(3)4-5-9;3*1-2/h6H2,1-5H3;6-7H,1-5H3;4-5H2,1-3H3;3*1-2H3. The largest absolute Gasteiger partial charge is 0.361 e. The summed E-state index contributed by atoms with van der Waals surface area (Å²) in [6.07, 6.45) is 3.68. The van der Waals surface area contributed by atoms with E-state index < -0.39 is 0 Å². The van der Waals surface area contributed by atoms with Crippen molar-refractivity contribution in [1.82, 2.24) is 15.5 Å². The molecule has 41 heavy (non-hydrogen) atoms. The predicted molar refractivity (Wildman–Crippen MR) is 175 cm³/mol. The number of nitrogens with zero attached hydrogens (tertiary/aromatic N) is 3. The predicted octanol–water partition coefficient (Wildman–Crippen LogP) is 11.5. The van der Waals surface area contributed by atoms with Gasteiger partial charge in [0.05, 0.1) is 17.1 Å². The number of rotatable bonds is 5. The molecule has 3 aromatic rings. The van der Waals surface area contributed by atoms with Crippen molar-refractivity contribution >= 4 is 0 Å². The van der Waals surface area contributed by atoms with Gasteiger partial charge in [0.2, 0.25) is 0 Å². The summed E-state index contributed by atoms with van der Waals surface area (Å²) < 4.78 is 15.4. The van der Waals surface area contributed by atoms with Crippen molar-refractivity contribution in [3.05, 3.63) is 51.1 Å². The van der Waals surface area contributed by atoms with Gasteiger partial charge in [-0.1, -0.05) is 105 Å². The second-order valence-electron chi connectivity index (χ2n) is 11.5. The van der Waals surface area contributed by atoms with Gasteiger partial charge in [0.25, 0.3) is 0 Å². The maximum Gasteiger partial charge on any atom is 0.137 e. The monoisotopic (exact) mass is 576 g/mol. The highest BCUT2D eigenvalue weighted by Gasteiger charge is 2.43. The van der Waals surface area contributed by atoms with E-state index in [-0.39, 0.29) is 5.41 Å². The molecule has 0 aromatic carbocycles. The van der Waals surface area contributed by atoms with Crippen LogP contribution in [0.5, 0.6) is 0 Å². The van der Waals surface area contributed by atoms with Crippen LogP contribution < -0.4 is 0 Å². The normalized spacial score (nSPS) is 13.5. The summed E-state index contributed by atoms with van der Waals surface area (Å²) in [7, 11) is 0. The third kappa shape index (κ3) is 11.4. The summed E-state index contributed by atoms with van der Waals surface area (Å²) >= 11 is 0. The van der Waals surface area contributed by atoms with Gasteiger partial charge >= 0.3 is 0 Å². The first-order chi connectivity index (χ1) is 19.2. The average Bonchev–Trinajstić information content (AvgIpc) is 3.24. The summed E-state index contributed by atoms with van der Waals surface area (Å²) in [5, 5.41) is 11.8. The van der Waals surface area contributed by atoms with Crippen LogP contribution in [-0.4, -0.2) is 15.5 Å². The third-order valence-electron chi connectivity index (χ3n) is 7.77. The summed E-state index contributed by atoms with van der Waals surface area (Å²) in [6.45, 7) is 39.6. The zero-order valence-corrected chi connectivity index (χ0v) is 30.3. The Morgan fingerprint density at radius 2 is 1.10 bits per heavy atom. The molecule has 0 saturated heterocycles. The van der Waals surface area contributed by atoms with Gasteiger partial charge in [-0.3, -0.25) is 0 Å². The maximum absolute atomic E-state index is 5.13. The van der Waals surface area contributed by atoms with Crippen molar-refractivity contribution in [3.63, 3.8) is 0 Å². The van der Waals surface area contributed by atoms with Gasteiger partial charge in [-0.15, -0.1) is 0 Å². The Hall–Kier alpha value is -2.37. The molecule has 0 N–H and O–H groups in total. The van der Waals surface area contributed by atoms with Gasteiger partial charge in [0, 0.05) is 16.7 Å². The van der Waals surface area contributed by atoms with Crippen LogP contribution in [0.15, 0.2) is 13.6 Å². The Morgan fingerprint density at radius 3 is 1.39 bits per heavy atom. The highest BCUT2D eigenvalue weighted by Crippen LogP contribution is 2.49. The van der Waals surface area contributed by atoms with Crippen LogP contribution in [0.2, 0.25) is 0 Å². The first-order valence-corrected chi connectivity index (χ1v) is 16.0. The van der Waals surface area contributed by atoms with Crippen LogP contribution in [0.1, 0.15) is 166 Å². The summed E-state index contributed by atoms with van der Waals surface area (Å²) in [4.78, 5) is 0. The maximum atomic E-state index is 5.13. The van der Waals surface area contributed by atoms with Crippen molar-refractivity contribution in [2.24, 2.45) is 5.92 Å². The molecule has 3 heterocycles. The first kappa shape index (κ1) is 40.8. The van der Waals surface area contributed by atoms with E-state index in [4.69, 9.17) is 13.6 Å². The molecule has 0 spiro atoms. The van der Waals surface area contributed by atoms with Crippen molar-refractivity contribution in [3.8, 4) is 0 Å². The Labute approximate surface area is 253 Å². The third-order valence-corrected chi connectivity index (χ3v) is 7.77. The molecule has 0 amide bonds. The van der Waals surface area contributed by atoms with Gasteiger partial charge < -0.3 is 13.6 Å². The molecule has 1 unspecified atom stereocenters. The molecule has 1 aliphatic carbocycles. The molecule has 4 rings (SSSR count). The van der Waals surface area contributed by atoms with Crippen molar-refractivity contribution in [2.45, 2.75) is 168 Å². The second kappa shape index (κ2) is 18.9. The molecule has 6 nitrogen and oxygen atoms in total. The highest BCUT2D eigenvalue weighted by molar-refractivity contribution is 5.35. The molecule has 1 atom stereocenters. The topological polar surface area (TPSA) is 78.1 Å². The van der Waals surface area contributed by atoms with Crippen LogP contribution in [0.3, 0.4) is 0 Å². The second-order valence-corrected chi connectivity index (χ2v) is 11.5. The molecular weight excluding hydrogens is 510 g/mol. The number of aromatic nitrogens is 3. The number of hydrogen-bond acceptors (Lipinski definition) is 6. The van der Waals surface area contributed by atoms with Gasteiger partial charge in [0.15, 0.2) is 0 Å². The lowest BCUT2D eigenvalue weighted by atomic mass is 9.81. The van der Waals surface area contributed by atoms with E-state index in [1.807, 2.05) is 83.1 Å². The highest BCUT2D eigenvalue weighted by atomic mass is 16.5. The van der Waals surface area contributed by atoms with Crippen molar-refractivity contribution in [2.75, 3.05) is 0 Å². The van der Waals surface area contributed by atoms with Crippen LogP contribution >= 0.6 is 0 Å². The van der Waals surface area contributed by atoms with E-state index in [1.165, 1.54) is 29.5 Å². The molecule has 238 valence electrons. The molecule has 1 saturated carbocycles. The quantitative estimate of drug-likeness (QED) is 0.301. The Kier molecular flexibility index (Phi) is 18.8. The fourth-order valence-electron chi connectivity index (χ4n) is 4.88. The zero-order valence-electron chi connectivity index (χ0n) is 30.3. The van der Waals surface area contributed by atoms with E-state index in [0.717, 1.165) is 40.8 Å². The van der Waals surface area contributed by atoms with E-state index in [9.17, 15) is 0 Å². The SMILES string of the molecule is CC.CC.CC.CCC(C)(C)c1c(C)noc1C.Cc1noc(C)c1C(C)C(C)C.Cc1noc(C)c1C1(C)CC1. The Bertz CT molecular complexity index is 1040. The number of aryl methyl sites for hydroxylation is 6. The molecule has 1 aliphatic rings. The fraction of sp³-hybridized carbons (Fsp3) is 0.743. The van der Waals surface area contributed by atoms with E-state index in [1.54, 1.807) is 0 Å². The molecule has 0 bridgehead atoms. The van der Waals surface area contributed by atoms with E-state index in [0.29, 0.717) is 17.3 Å². The number of hydrogen-bond donors (Lipinski definition) is 0. The fourth-order valence-corrected chi connectivity index (χ4v) is 4.88. The molecule has 0 aliphatic heterocycles. The van der Waals surface area contributed by atoms with Gasteiger partial charge in [-0.25, -0.2) is 0 Å². The molecule has 0 radical (unpaired) electrons. The lowest BCUT2D eigenvalue weighted by Gasteiger charge is -2.22. The lowest BCUT2D eigenvalue weighted by Crippen LogP contribution is -2.17. The van der Waals surface area contributed by atoms with Gasteiger partial charge in [-0.2, -0.15) is 0 Å². The van der Waals surface area contributed by atoms with E-state index >= 15 is 0 Å². The molecular formula is C35H65N3O3. The van der Waals surface area contributed by atoms with Gasteiger partial charge in [0.1, 0.15) is 17.3 Å². The first-order valence-electron chi connectivity index (χ1n) is 16.0. The molecule has 3 aromatic heterocycles. The zero-order chi connectivity index (χ0) is 32.7. The Balaban J connectivity index is 0. The minimum atomic E-state index is 0.189. The summed E-state index contributed by atoms with van der Waals surface area (Å²) in [5.74, 6) is 4.11. The summed E-state index contributed by atoms with van der Waals surface area (Å²) in [6, 6.07) is 0. The van der Waals surface area contributed by atoms with Crippen LogP contribution in [0.25, 0.3) is 0 Å². The lowest BCUT2D eigenvalue weighted by molar-refractivity contribution is 0.387.